The highest BCUT2D eigenvalue weighted by atomic mass is 19.4. The summed E-state index contributed by atoms with van der Waals surface area (Å²) in [5, 5.41) is 2.85. The summed E-state index contributed by atoms with van der Waals surface area (Å²) in [5.41, 5.74) is 9.93. The molecule has 0 aliphatic heterocycles. The van der Waals surface area contributed by atoms with Crippen molar-refractivity contribution >= 4 is 5.91 Å². The van der Waals surface area contributed by atoms with Crippen LogP contribution in [0.2, 0.25) is 0 Å². The summed E-state index contributed by atoms with van der Waals surface area (Å²) >= 11 is 0. The number of hydrogen-bond donors (Lipinski definition) is 2. The molecule has 0 aliphatic carbocycles. The first-order valence-electron chi connectivity index (χ1n) is 15.0. The monoisotopic (exact) mass is 628 g/mol. The van der Waals surface area contributed by atoms with Crippen LogP contribution < -0.4 is 11.1 Å². The minimum Gasteiger partial charge on any atom is -0.378 e. The number of carbonyl (C=O) groups is 1. The van der Waals surface area contributed by atoms with E-state index >= 15 is 0 Å². The van der Waals surface area contributed by atoms with Gasteiger partial charge in [0.1, 0.15) is 5.82 Å². The summed E-state index contributed by atoms with van der Waals surface area (Å²) in [6, 6.07) is 31.8. The molecule has 4 aromatic carbocycles. The number of amides is 1. The van der Waals surface area contributed by atoms with Crippen molar-refractivity contribution in [1.82, 2.24) is 14.9 Å². The Morgan fingerprint density at radius 1 is 0.739 bits per heavy atom. The van der Waals surface area contributed by atoms with Crippen LogP contribution in [0, 0.1) is 0 Å². The van der Waals surface area contributed by atoms with Gasteiger partial charge < -0.3 is 25.1 Å². The van der Waals surface area contributed by atoms with Crippen LogP contribution in [-0.4, -0.2) is 55.0 Å². The number of aromatic nitrogens is 2. The number of imidazole rings is 1. The van der Waals surface area contributed by atoms with Gasteiger partial charge in [0.25, 0.3) is 5.91 Å². The second-order valence-corrected chi connectivity index (χ2v) is 10.5. The first-order valence-corrected chi connectivity index (χ1v) is 15.0. The highest BCUT2D eigenvalue weighted by Gasteiger charge is 2.30. The van der Waals surface area contributed by atoms with E-state index in [1.807, 2.05) is 77.4 Å². The zero-order chi connectivity index (χ0) is 32.4. The molecular weight excluding hydrogens is 593 g/mol. The van der Waals surface area contributed by atoms with Gasteiger partial charge in [-0.15, -0.1) is 0 Å². The summed E-state index contributed by atoms with van der Waals surface area (Å²) in [4.78, 5) is 17.7. The number of hydrogen-bond acceptors (Lipinski definition) is 5. The lowest BCUT2D eigenvalue weighted by Crippen LogP contribution is -2.27. The topological polar surface area (TPSA) is 91.4 Å². The number of alkyl halides is 3. The molecule has 5 aromatic rings. The maximum Gasteiger partial charge on any atom is 0.416 e. The molecular formula is C36H35F3N4O3. The molecule has 0 fully saturated rings. The predicted molar refractivity (Wildman–Crippen MR) is 172 cm³/mol. The van der Waals surface area contributed by atoms with Gasteiger partial charge in [0.05, 0.1) is 43.4 Å². The van der Waals surface area contributed by atoms with Gasteiger partial charge in [-0.25, -0.2) is 4.98 Å². The van der Waals surface area contributed by atoms with Crippen molar-refractivity contribution < 1.29 is 27.4 Å². The van der Waals surface area contributed by atoms with Gasteiger partial charge in [0.15, 0.2) is 0 Å². The molecule has 1 heterocycles. The third-order valence-electron chi connectivity index (χ3n) is 7.26. The molecule has 0 spiro atoms. The van der Waals surface area contributed by atoms with Gasteiger partial charge in [-0.05, 0) is 29.8 Å². The number of ether oxygens (including phenoxy) is 2. The van der Waals surface area contributed by atoms with Gasteiger partial charge >= 0.3 is 6.18 Å². The molecule has 0 saturated carbocycles. The summed E-state index contributed by atoms with van der Waals surface area (Å²) in [6.45, 7) is 2.88. The van der Waals surface area contributed by atoms with Crippen molar-refractivity contribution in [2.24, 2.45) is 5.73 Å². The molecule has 238 valence electrons. The lowest BCUT2D eigenvalue weighted by atomic mass is 10.0. The number of rotatable bonds is 14. The summed E-state index contributed by atoms with van der Waals surface area (Å²) in [7, 11) is 0. The zero-order valence-corrected chi connectivity index (χ0v) is 25.2. The van der Waals surface area contributed by atoms with Crippen molar-refractivity contribution in [3.05, 3.63) is 126 Å². The van der Waals surface area contributed by atoms with E-state index in [4.69, 9.17) is 20.2 Å². The molecule has 0 radical (unpaired) electrons. The molecule has 0 unspecified atom stereocenters. The minimum atomic E-state index is -4.45. The van der Waals surface area contributed by atoms with Gasteiger partial charge in [-0.1, -0.05) is 84.9 Å². The Morgan fingerprint density at radius 2 is 1.35 bits per heavy atom. The Balaban J connectivity index is 1.43. The third kappa shape index (κ3) is 8.28. The van der Waals surface area contributed by atoms with E-state index in [0.717, 1.165) is 34.5 Å². The largest absolute Gasteiger partial charge is 0.416 e. The molecule has 1 amide bonds. The first-order chi connectivity index (χ1) is 22.3. The standard InChI is InChI=1S/C36H35F3N4O3/c37-36(38,39)31-17-15-29(16-18-31)34-42-32(27-7-3-1-4-8-27)33(28-9-5-2-6-10-28)43(34)25-26-11-13-30(14-12-26)35(44)41-20-22-46-24-23-45-21-19-40/h1-18H,19-25,40H2,(H,41,44). The fraction of sp³-hybridized carbons (Fsp3) is 0.222. The van der Waals surface area contributed by atoms with Gasteiger partial charge in [-0.3, -0.25) is 4.79 Å². The summed E-state index contributed by atoms with van der Waals surface area (Å²) in [5.74, 6) is 0.306. The fourth-order valence-corrected chi connectivity index (χ4v) is 5.01. The van der Waals surface area contributed by atoms with E-state index in [0.29, 0.717) is 68.7 Å². The third-order valence-corrected chi connectivity index (χ3v) is 7.26. The quantitative estimate of drug-likeness (QED) is 0.134. The summed E-state index contributed by atoms with van der Waals surface area (Å²) < 4.78 is 52.9. The molecule has 1 aromatic heterocycles. The highest BCUT2D eigenvalue weighted by molar-refractivity contribution is 5.94. The zero-order valence-electron chi connectivity index (χ0n) is 25.2. The van der Waals surface area contributed by atoms with Crippen LogP contribution in [0.1, 0.15) is 21.5 Å². The number of benzene rings is 4. The number of halogens is 3. The molecule has 0 atom stereocenters. The van der Waals surface area contributed by atoms with E-state index < -0.39 is 11.7 Å². The number of carbonyl (C=O) groups excluding carboxylic acids is 1. The number of nitrogens with two attached hydrogens (primary N) is 1. The predicted octanol–water partition coefficient (Wildman–Crippen LogP) is 6.67. The second kappa shape index (κ2) is 15.5. The van der Waals surface area contributed by atoms with Crippen molar-refractivity contribution in [2.75, 3.05) is 39.5 Å². The Bertz CT molecular complexity index is 1690. The van der Waals surface area contributed by atoms with Gasteiger partial charge in [0, 0.05) is 41.9 Å². The van der Waals surface area contributed by atoms with E-state index in [2.05, 4.69) is 5.32 Å². The van der Waals surface area contributed by atoms with E-state index in [9.17, 15) is 18.0 Å². The smallest absolute Gasteiger partial charge is 0.378 e. The number of nitrogens with one attached hydrogen (secondary N) is 1. The SMILES string of the molecule is NCCOCCOCCNC(=O)c1ccc(Cn2c(-c3ccc(C(F)(F)F)cc3)nc(-c3ccccc3)c2-c2ccccc2)cc1. The molecule has 7 nitrogen and oxygen atoms in total. The van der Waals surface area contributed by atoms with Crippen LogP contribution in [0.25, 0.3) is 33.9 Å². The van der Waals surface area contributed by atoms with Crippen molar-refractivity contribution in [1.29, 1.82) is 0 Å². The van der Waals surface area contributed by atoms with Crippen LogP contribution in [0.4, 0.5) is 13.2 Å². The van der Waals surface area contributed by atoms with Crippen LogP contribution in [0.15, 0.2) is 109 Å². The Morgan fingerprint density at radius 3 is 1.96 bits per heavy atom. The maximum atomic E-state index is 13.4. The van der Waals surface area contributed by atoms with Crippen LogP contribution in [-0.2, 0) is 22.2 Å². The van der Waals surface area contributed by atoms with Crippen molar-refractivity contribution in [2.45, 2.75) is 12.7 Å². The molecule has 3 N–H and O–H groups in total. The normalized spacial score (nSPS) is 11.5. The first kappa shape index (κ1) is 32.6. The molecule has 10 heteroatoms. The average molecular weight is 629 g/mol. The summed E-state index contributed by atoms with van der Waals surface area (Å²) in [6.07, 6.45) is -4.45. The van der Waals surface area contributed by atoms with E-state index in [1.165, 1.54) is 12.1 Å². The van der Waals surface area contributed by atoms with Gasteiger partial charge in [0.2, 0.25) is 0 Å². The molecule has 0 saturated heterocycles. The van der Waals surface area contributed by atoms with E-state index in [1.54, 1.807) is 12.1 Å². The molecule has 0 bridgehead atoms. The molecule has 46 heavy (non-hydrogen) atoms. The van der Waals surface area contributed by atoms with Gasteiger partial charge in [-0.2, -0.15) is 13.2 Å². The Hall–Kier alpha value is -4.77. The van der Waals surface area contributed by atoms with E-state index in [-0.39, 0.29) is 5.91 Å². The molecule has 0 aliphatic rings. The average Bonchev–Trinajstić information content (AvgIpc) is 3.45. The van der Waals surface area contributed by atoms with Crippen LogP contribution in [0.5, 0.6) is 0 Å². The Kier molecular flexibility index (Phi) is 11.0. The van der Waals surface area contributed by atoms with Crippen LogP contribution >= 0.6 is 0 Å². The lowest BCUT2D eigenvalue weighted by Gasteiger charge is -2.15. The lowest BCUT2D eigenvalue weighted by molar-refractivity contribution is -0.137. The van der Waals surface area contributed by atoms with Crippen molar-refractivity contribution in [3.8, 4) is 33.9 Å². The highest BCUT2D eigenvalue weighted by Crippen LogP contribution is 2.38. The fourth-order valence-electron chi connectivity index (χ4n) is 5.01. The van der Waals surface area contributed by atoms with Crippen LogP contribution in [0.3, 0.4) is 0 Å². The minimum absolute atomic E-state index is 0.223. The second-order valence-electron chi connectivity index (χ2n) is 10.5. The molecule has 5 rings (SSSR count). The maximum absolute atomic E-state index is 13.4. The van der Waals surface area contributed by atoms with Crippen molar-refractivity contribution in [3.63, 3.8) is 0 Å². The number of nitrogens with zero attached hydrogens (tertiary/aromatic N) is 2. The Labute approximate surface area is 265 Å².